The topological polar surface area (TPSA) is 66.5 Å². The highest BCUT2D eigenvalue weighted by Gasteiger charge is 2.38. The molecule has 0 saturated carbocycles. The van der Waals surface area contributed by atoms with Crippen LogP contribution in [0, 0.1) is 0 Å². The highest BCUT2D eigenvalue weighted by Crippen LogP contribution is 2.40. The number of rotatable bonds is 6. The van der Waals surface area contributed by atoms with Gasteiger partial charge in [0.15, 0.2) is 0 Å². The first-order valence-corrected chi connectivity index (χ1v) is 9.63. The van der Waals surface area contributed by atoms with E-state index in [0.29, 0.717) is 26.8 Å². The van der Waals surface area contributed by atoms with E-state index in [2.05, 4.69) is 11.9 Å². The molecule has 0 aliphatic carbocycles. The minimum atomic E-state index is -0.367. The molecule has 1 aliphatic heterocycles. The number of hydrogen-bond acceptors (Lipinski definition) is 4. The van der Waals surface area contributed by atoms with Crippen LogP contribution in [-0.2, 0) is 14.4 Å². The number of carbonyl (C=O) groups is 3. The van der Waals surface area contributed by atoms with Gasteiger partial charge in [-0.05, 0) is 42.0 Å². The fourth-order valence-corrected chi connectivity index (χ4v) is 3.88. The maximum absolute atomic E-state index is 12.9. The summed E-state index contributed by atoms with van der Waals surface area (Å²) in [5, 5.41) is 3.27. The van der Waals surface area contributed by atoms with Crippen molar-refractivity contribution in [3.8, 4) is 0 Å². The molecular weight excluding hydrogens is 396 g/mol. The number of nitrogens with one attached hydrogen (secondary N) is 1. The molecular formula is C21H17ClN2O3S. The Balaban J connectivity index is 2.02. The van der Waals surface area contributed by atoms with E-state index in [4.69, 9.17) is 11.6 Å². The van der Waals surface area contributed by atoms with Gasteiger partial charge < -0.3 is 5.32 Å². The second-order valence-electron chi connectivity index (χ2n) is 6.03. The predicted octanol–water partition coefficient (Wildman–Crippen LogP) is 4.36. The van der Waals surface area contributed by atoms with Crippen molar-refractivity contribution < 1.29 is 14.4 Å². The van der Waals surface area contributed by atoms with Crippen LogP contribution in [0.15, 0.2) is 71.0 Å². The molecule has 1 heterocycles. The summed E-state index contributed by atoms with van der Waals surface area (Å²) in [6.45, 7) is 5.18. The fraction of sp³-hybridized carbons (Fsp3) is 0.0952. The molecule has 2 aromatic carbocycles. The molecule has 0 aromatic heterocycles. The van der Waals surface area contributed by atoms with Crippen molar-refractivity contribution in [1.29, 1.82) is 0 Å². The lowest BCUT2D eigenvalue weighted by Crippen LogP contribution is -2.31. The SMILES string of the molecule is C=CCN1C(=O)C(Sc2ccc(Cl)cc2)=C(c2ccc(NC(C)=O)cc2)C1=O. The first-order chi connectivity index (χ1) is 13.4. The molecule has 5 nitrogen and oxygen atoms in total. The molecule has 3 amide bonds. The van der Waals surface area contributed by atoms with Crippen LogP contribution in [0.1, 0.15) is 12.5 Å². The highest BCUT2D eigenvalue weighted by atomic mass is 35.5. The van der Waals surface area contributed by atoms with Crippen molar-refractivity contribution in [3.63, 3.8) is 0 Å². The average molecular weight is 413 g/mol. The largest absolute Gasteiger partial charge is 0.326 e. The Morgan fingerprint density at radius 3 is 2.32 bits per heavy atom. The monoisotopic (exact) mass is 412 g/mol. The van der Waals surface area contributed by atoms with Crippen LogP contribution in [0.5, 0.6) is 0 Å². The zero-order chi connectivity index (χ0) is 20.3. The summed E-state index contributed by atoms with van der Waals surface area (Å²) in [5.41, 5.74) is 1.56. The molecule has 0 fully saturated rings. The number of amides is 3. The van der Waals surface area contributed by atoms with Crippen LogP contribution in [-0.4, -0.2) is 29.2 Å². The quantitative estimate of drug-likeness (QED) is 0.565. The molecule has 0 bridgehead atoms. The smallest absolute Gasteiger partial charge is 0.268 e. The number of nitrogens with zero attached hydrogens (tertiary/aromatic N) is 1. The molecule has 0 radical (unpaired) electrons. The third kappa shape index (κ3) is 4.18. The van der Waals surface area contributed by atoms with Gasteiger partial charge in [-0.3, -0.25) is 19.3 Å². The standard InChI is InChI=1S/C21H17ClN2O3S/c1-3-12-24-20(26)18(14-4-8-16(9-5-14)23-13(2)25)19(21(24)27)28-17-10-6-15(22)7-11-17/h3-11H,1,12H2,2H3,(H,23,25). The van der Waals surface area contributed by atoms with Gasteiger partial charge in [-0.15, -0.1) is 6.58 Å². The Morgan fingerprint density at radius 2 is 1.75 bits per heavy atom. The van der Waals surface area contributed by atoms with Gasteiger partial charge in [-0.25, -0.2) is 0 Å². The Labute approximate surface area is 172 Å². The highest BCUT2D eigenvalue weighted by molar-refractivity contribution is 8.04. The Morgan fingerprint density at radius 1 is 1.11 bits per heavy atom. The van der Waals surface area contributed by atoms with E-state index in [1.807, 2.05) is 0 Å². The van der Waals surface area contributed by atoms with Crippen molar-refractivity contribution in [2.75, 3.05) is 11.9 Å². The van der Waals surface area contributed by atoms with Crippen molar-refractivity contribution in [2.24, 2.45) is 0 Å². The molecule has 28 heavy (non-hydrogen) atoms. The summed E-state index contributed by atoms with van der Waals surface area (Å²) in [7, 11) is 0. The molecule has 0 spiro atoms. The van der Waals surface area contributed by atoms with Gasteiger partial charge in [0, 0.05) is 29.1 Å². The maximum Gasteiger partial charge on any atom is 0.268 e. The van der Waals surface area contributed by atoms with Crippen molar-refractivity contribution in [1.82, 2.24) is 4.90 Å². The van der Waals surface area contributed by atoms with Gasteiger partial charge in [-0.2, -0.15) is 0 Å². The molecule has 3 rings (SSSR count). The zero-order valence-electron chi connectivity index (χ0n) is 15.1. The van der Waals surface area contributed by atoms with Crippen LogP contribution < -0.4 is 5.32 Å². The first kappa shape index (κ1) is 19.9. The molecule has 1 aliphatic rings. The summed E-state index contributed by atoms with van der Waals surface area (Å²) >= 11 is 7.15. The number of carbonyl (C=O) groups excluding carboxylic acids is 3. The molecule has 1 N–H and O–H groups in total. The third-order valence-corrected chi connectivity index (χ3v) is 5.31. The number of thioether (sulfide) groups is 1. The third-order valence-electron chi connectivity index (χ3n) is 3.96. The van der Waals surface area contributed by atoms with E-state index in [9.17, 15) is 14.4 Å². The second kappa shape index (κ2) is 8.46. The van der Waals surface area contributed by atoms with Gasteiger partial charge in [0.1, 0.15) is 0 Å². The van der Waals surface area contributed by atoms with E-state index in [0.717, 1.165) is 4.90 Å². The number of benzene rings is 2. The Kier molecular flexibility index (Phi) is 6.02. The van der Waals surface area contributed by atoms with Gasteiger partial charge in [0.2, 0.25) is 5.91 Å². The second-order valence-corrected chi connectivity index (χ2v) is 7.55. The normalized spacial score (nSPS) is 13.9. The van der Waals surface area contributed by atoms with Gasteiger partial charge in [0.05, 0.1) is 10.5 Å². The molecule has 142 valence electrons. The van der Waals surface area contributed by atoms with Crippen LogP contribution >= 0.6 is 23.4 Å². The van der Waals surface area contributed by atoms with E-state index in [1.165, 1.54) is 29.7 Å². The molecule has 0 unspecified atom stereocenters. The minimum Gasteiger partial charge on any atom is -0.326 e. The van der Waals surface area contributed by atoms with E-state index < -0.39 is 0 Å². The maximum atomic E-state index is 12.9. The predicted molar refractivity (Wildman–Crippen MR) is 112 cm³/mol. The van der Waals surface area contributed by atoms with Crippen molar-refractivity contribution >= 4 is 52.3 Å². The van der Waals surface area contributed by atoms with Crippen molar-refractivity contribution in [3.05, 3.63) is 76.7 Å². The molecule has 0 atom stereocenters. The minimum absolute atomic E-state index is 0.135. The summed E-state index contributed by atoms with van der Waals surface area (Å²) in [6, 6.07) is 13.9. The summed E-state index contributed by atoms with van der Waals surface area (Å²) in [4.78, 5) is 39.3. The summed E-state index contributed by atoms with van der Waals surface area (Å²) in [6.07, 6.45) is 1.52. The molecule has 7 heteroatoms. The molecule has 0 saturated heterocycles. The van der Waals surface area contributed by atoms with Gasteiger partial charge in [-0.1, -0.05) is 41.6 Å². The van der Waals surface area contributed by atoms with Crippen LogP contribution in [0.4, 0.5) is 5.69 Å². The van der Waals surface area contributed by atoms with Crippen LogP contribution in [0.2, 0.25) is 5.02 Å². The summed E-state index contributed by atoms with van der Waals surface area (Å²) in [5.74, 6) is -0.908. The van der Waals surface area contributed by atoms with E-state index in [1.54, 1.807) is 48.5 Å². The zero-order valence-corrected chi connectivity index (χ0v) is 16.6. The Bertz CT molecular complexity index is 982. The number of halogens is 1. The first-order valence-electron chi connectivity index (χ1n) is 8.43. The van der Waals surface area contributed by atoms with Crippen molar-refractivity contribution in [2.45, 2.75) is 11.8 Å². The lowest BCUT2D eigenvalue weighted by atomic mass is 10.1. The number of imide groups is 1. The van der Waals surface area contributed by atoms with E-state index in [-0.39, 0.29) is 24.3 Å². The summed E-state index contributed by atoms with van der Waals surface area (Å²) < 4.78 is 0. The lowest BCUT2D eigenvalue weighted by Gasteiger charge is -2.12. The van der Waals surface area contributed by atoms with E-state index >= 15 is 0 Å². The van der Waals surface area contributed by atoms with Crippen LogP contribution in [0.25, 0.3) is 5.57 Å². The van der Waals surface area contributed by atoms with Crippen LogP contribution in [0.3, 0.4) is 0 Å². The fourth-order valence-electron chi connectivity index (χ4n) is 2.74. The lowest BCUT2D eigenvalue weighted by molar-refractivity contribution is -0.135. The Hall–Kier alpha value is -2.83. The van der Waals surface area contributed by atoms with Gasteiger partial charge >= 0.3 is 0 Å². The van der Waals surface area contributed by atoms with Gasteiger partial charge in [0.25, 0.3) is 11.8 Å². The molecule has 2 aromatic rings. The average Bonchev–Trinajstić information content (AvgIpc) is 2.89. The number of hydrogen-bond donors (Lipinski definition) is 1. The number of anilines is 1.